The summed E-state index contributed by atoms with van der Waals surface area (Å²) in [7, 11) is 1.62. The molecule has 9 heteroatoms. The van der Waals surface area contributed by atoms with Gasteiger partial charge in [-0.05, 0) is 30.5 Å². The van der Waals surface area contributed by atoms with Crippen LogP contribution in [0.15, 0.2) is 36.7 Å². The summed E-state index contributed by atoms with van der Waals surface area (Å²) in [5.41, 5.74) is 2.15. The lowest BCUT2D eigenvalue weighted by molar-refractivity contribution is -0.124. The Balaban J connectivity index is 1.46. The molecule has 0 saturated carbocycles. The lowest BCUT2D eigenvalue weighted by Gasteiger charge is -2.12. The minimum absolute atomic E-state index is 0.133. The summed E-state index contributed by atoms with van der Waals surface area (Å²) in [6.45, 7) is 2.12. The van der Waals surface area contributed by atoms with E-state index in [0.29, 0.717) is 37.7 Å². The van der Waals surface area contributed by atoms with Crippen molar-refractivity contribution in [2.75, 3.05) is 31.0 Å². The van der Waals surface area contributed by atoms with Crippen molar-refractivity contribution in [2.45, 2.75) is 32.0 Å². The third-order valence-electron chi connectivity index (χ3n) is 4.29. The van der Waals surface area contributed by atoms with Gasteiger partial charge in [0.2, 0.25) is 0 Å². The molecule has 1 saturated heterocycles. The van der Waals surface area contributed by atoms with Crippen LogP contribution in [0.3, 0.4) is 0 Å². The SMILES string of the molecule is COCCn1cc(NC(=O)NCc2cccc(NC(=O)C3CCCO3)c2)cn1. The van der Waals surface area contributed by atoms with Gasteiger partial charge in [0.05, 0.1) is 25.0 Å². The van der Waals surface area contributed by atoms with E-state index in [1.807, 2.05) is 24.3 Å². The molecule has 0 radical (unpaired) electrons. The molecule has 0 aliphatic carbocycles. The van der Waals surface area contributed by atoms with E-state index in [1.54, 1.807) is 24.2 Å². The fraction of sp³-hybridized carbons (Fsp3) is 0.421. The number of methoxy groups -OCH3 is 1. The quantitative estimate of drug-likeness (QED) is 0.642. The zero-order valence-corrected chi connectivity index (χ0v) is 15.8. The van der Waals surface area contributed by atoms with E-state index in [-0.39, 0.29) is 18.0 Å². The highest BCUT2D eigenvalue weighted by Crippen LogP contribution is 2.16. The molecule has 1 unspecified atom stereocenters. The molecule has 3 N–H and O–H groups in total. The number of amides is 3. The second-order valence-corrected chi connectivity index (χ2v) is 6.48. The van der Waals surface area contributed by atoms with Gasteiger partial charge < -0.3 is 25.4 Å². The number of rotatable bonds is 8. The summed E-state index contributed by atoms with van der Waals surface area (Å²) in [5.74, 6) is -0.133. The Morgan fingerprint density at radius 3 is 3.00 bits per heavy atom. The Hall–Kier alpha value is -2.91. The zero-order chi connectivity index (χ0) is 19.8. The Kier molecular flexibility index (Phi) is 6.99. The van der Waals surface area contributed by atoms with E-state index < -0.39 is 0 Å². The van der Waals surface area contributed by atoms with Crippen LogP contribution in [0, 0.1) is 0 Å². The normalized spacial score (nSPS) is 16.0. The van der Waals surface area contributed by atoms with Crippen LogP contribution in [0.25, 0.3) is 0 Å². The molecule has 9 nitrogen and oxygen atoms in total. The number of hydrogen-bond acceptors (Lipinski definition) is 5. The molecule has 1 aromatic carbocycles. The van der Waals surface area contributed by atoms with Crippen LogP contribution in [0.4, 0.5) is 16.2 Å². The maximum atomic E-state index is 12.1. The van der Waals surface area contributed by atoms with E-state index in [4.69, 9.17) is 9.47 Å². The summed E-state index contributed by atoms with van der Waals surface area (Å²) in [4.78, 5) is 24.2. The first-order chi connectivity index (χ1) is 13.6. The first-order valence-electron chi connectivity index (χ1n) is 9.21. The van der Waals surface area contributed by atoms with Crippen LogP contribution in [-0.2, 0) is 27.4 Å². The number of anilines is 2. The minimum Gasteiger partial charge on any atom is -0.383 e. The number of carbonyl (C=O) groups is 2. The molecule has 0 bridgehead atoms. The molecule has 1 aliphatic rings. The minimum atomic E-state index is -0.377. The van der Waals surface area contributed by atoms with Crippen LogP contribution in [0.1, 0.15) is 18.4 Å². The van der Waals surface area contributed by atoms with E-state index in [2.05, 4.69) is 21.0 Å². The third kappa shape index (κ3) is 5.80. The van der Waals surface area contributed by atoms with Gasteiger partial charge in [0.1, 0.15) is 6.10 Å². The summed E-state index contributed by atoms with van der Waals surface area (Å²) < 4.78 is 12.1. The van der Waals surface area contributed by atoms with Crippen molar-refractivity contribution in [2.24, 2.45) is 0 Å². The average Bonchev–Trinajstić information content (AvgIpc) is 3.37. The Morgan fingerprint density at radius 2 is 2.21 bits per heavy atom. The number of hydrogen-bond donors (Lipinski definition) is 3. The molecule has 150 valence electrons. The van der Waals surface area contributed by atoms with Crippen molar-refractivity contribution in [1.82, 2.24) is 15.1 Å². The van der Waals surface area contributed by atoms with E-state index in [9.17, 15) is 9.59 Å². The molecule has 3 amide bonds. The monoisotopic (exact) mass is 387 g/mol. The van der Waals surface area contributed by atoms with Gasteiger partial charge in [-0.25, -0.2) is 4.79 Å². The number of carbonyl (C=O) groups excluding carboxylic acids is 2. The molecule has 28 heavy (non-hydrogen) atoms. The molecular weight excluding hydrogens is 362 g/mol. The fourth-order valence-corrected chi connectivity index (χ4v) is 2.86. The summed E-state index contributed by atoms with van der Waals surface area (Å²) in [5, 5.41) is 12.5. The van der Waals surface area contributed by atoms with Gasteiger partial charge in [-0.1, -0.05) is 12.1 Å². The molecule has 3 rings (SSSR count). The van der Waals surface area contributed by atoms with Crippen molar-refractivity contribution in [3.05, 3.63) is 42.2 Å². The Labute approximate surface area is 163 Å². The van der Waals surface area contributed by atoms with Crippen LogP contribution in [-0.4, -0.2) is 48.1 Å². The molecule has 2 heterocycles. The number of urea groups is 1. The number of aromatic nitrogens is 2. The summed E-state index contributed by atoms with van der Waals surface area (Å²) >= 11 is 0. The van der Waals surface area contributed by atoms with E-state index >= 15 is 0 Å². The number of nitrogens with one attached hydrogen (secondary N) is 3. The topological polar surface area (TPSA) is 107 Å². The van der Waals surface area contributed by atoms with Gasteiger partial charge in [0, 0.05) is 32.1 Å². The van der Waals surface area contributed by atoms with Crippen molar-refractivity contribution in [3.63, 3.8) is 0 Å². The highest BCUT2D eigenvalue weighted by molar-refractivity contribution is 5.94. The lowest BCUT2D eigenvalue weighted by atomic mass is 10.2. The molecule has 2 aromatic rings. The Morgan fingerprint density at radius 1 is 1.32 bits per heavy atom. The molecule has 0 spiro atoms. The maximum absolute atomic E-state index is 12.1. The summed E-state index contributed by atoms with van der Waals surface area (Å²) in [6.07, 6.45) is 4.59. The van der Waals surface area contributed by atoms with Crippen molar-refractivity contribution in [3.8, 4) is 0 Å². The van der Waals surface area contributed by atoms with Gasteiger partial charge in [-0.2, -0.15) is 5.10 Å². The highest BCUT2D eigenvalue weighted by atomic mass is 16.5. The summed E-state index contributed by atoms with van der Waals surface area (Å²) in [6, 6.07) is 7.02. The van der Waals surface area contributed by atoms with Gasteiger partial charge in [-0.3, -0.25) is 9.48 Å². The first-order valence-corrected chi connectivity index (χ1v) is 9.21. The smallest absolute Gasteiger partial charge is 0.319 e. The lowest BCUT2D eigenvalue weighted by Crippen LogP contribution is -2.28. The van der Waals surface area contributed by atoms with Crippen molar-refractivity contribution < 1.29 is 19.1 Å². The zero-order valence-electron chi connectivity index (χ0n) is 15.8. The fourth-order valence-electron chi connectivity index (χ4n) is 2.86. The van der Waals surface area contributed by atoms with Gasteiger partial charge in [-0.15, -0.1) is 0 Å². The number of benzene rings is 1. The third-order valence-corrected chi connectivity index (χ3v) is 4.29. The second-order valence-electron chi connectivity index (χ2n) is 6.48. The largest absolute Gasteiger partial charge is 0.383 e. The average molecular weight is 387 g/mol. The molecular formula is C19H25N5O4. The van der Waals surface area contributed by atoms with E-state index in [1.165, 1.54) is 0 Å². The van der Waals surface area contributed by atoms with Gasteiger partial charge >= 0.3 is 6.03 Å². The van der Waals surface area contributed by atoms with Crippen LogP contribution < -0.4 is 16.0 Å². The predicted octanol–water partition coefficient (Wildman–Crippen LogP) is 1.97. The predicted molar refractivity (Wildman–Crippen MR) is 104 cm³/mol. The van der Waals surface area contributed by atoms with Crippen LogP contribution in [0.2, 0.25) is 0 Å². The number of nitrogens with zero attached hydrogens (tertiary/aromatic N) is 2. The van der Waals surface area contributed by atoms with Crippen molar-refractivity contribution in [1.29, 1.82) is 0 Å². The molecule has 1 aromatic heterocycles. The Bertz CT molecular complexity index is 801. The number of ether oxygens (including phenoxy) is 2. The highest BCUT2D eigenvalue weighted by Gasteiger charge is 2.23. The van der Waals surface area contributed by atoms with Gasteiger partial charge in [0.25, 0.3) is 5.91 Å². The second kappa shape index (κ2) is 9.86. The molecule has 1 atom stereocenters. The first kappa shape index (κ1) is 19.8. The standard InChI is InChI=1S/C19H25N5O4/c1-27-9-7-24-13-16(12-21-24)23-19(26)20-11-14-4-2-5-15(10-14)22-18(25)17-6-3-8-28-17/h2,4-5,10,12-13,17H,3,6-9,11H2,1H3,(H,22,25)(H2,20,23,26). The molecule has 1 aliphatic heterocycles. The van der Waals surface area contributed by atoms with Crippen LogP contribution >= 0.6 is 0 Å². The van der Waals surface area contributed by atoms with Gasteiger partial charge in [0.15, 0.2) is 0 Å². The van der Waals surface area contributed by atoms with Crippen LogP contribution in [0.5, 0.6) is 0 Å². The van der Waals surface area contributed by atoms with Crippen molar-refractivity contribution >= 4 is 23.3 Å². The maximum Gasteiger partial charge on any atom is 0.319 e. The molecule has 1 fully saturated rings. The van der Waals surface area contributed by atoms with E-state index in [0.717, 1.165) is 18.4 Å².